The van der Waals surface area contributed by atoms with Crippen LogP contribution in [-0.4, -0.2) is 12.4 Å². The fourth-order valence-electron chi connectivity index (χ4n) is 1.73. The highest BCUT2D eigenvalue weighted by Crippen LogP contribution is 2.19. The quantitative estimate of drug-likeness (QED) is 0.787. The molecule has 0 saturated carbocycles. The number of hydrogen-bond acceptors (Lipinski definition) is 2. The minimum Gasteiger partial charge on any atom is -0.494 e. The third-order valence-electron chi connectivity index (χ3n) is 2.62. The fraction of sp³-hybridized carbons (Fsp3) is 0.133. The minimum absolute atomic E-state index is 0.215. The Morgan fingerprint density at radius 3 is 2.16 bits per heavy atom. The number of hydrogen-bond donors (Lipinski definition) is 0. The summed E-state index contributed by atoms with van der Waals surface area (Å²) >= 11 is 0. The summed E-state index contributed by atoms with van der Waals surface area (Å²) in [6.45, 7) is 2.35. The molecule has 0 radical (unpaired) electrons. The Kier molecular flexibility index (Phi) is 3.90. The average Bonchev–Trinajstić information content (AvgIpc) is 2.39. The van der Waals surface area contributed by atoms with Crippen molar-refractivity contribution in [1.82, 2.24) is 0 Å². The molecule has 0 fully saturated rings. The van der Waals surface area contributed by atoms with Crippen molar-refractivity contribution < 1.29 is 18.3 Å². The number of ether oxygens (including phenoxy) is 1. The van der Waals surface area contributed by atoms with E-state index < -0.39 is 23.0 Å². The molecule has 0 aliphatic heterocycles. The van der Waals surface area contributed by atoms with E-state index in [1.54, 1.807) is 12.1 Å². The van der Waals surface area contributed by atoms with Crippen LogP contribution in [0.2, 0.25) is 0 Å². The molecule has 2 aromatic rings. The number of ketones is 1. The zero-order valence-electron chi connectivity index (χ0n) is 10.3. The first-order valence-electron chi connectivity index (χ1n) is 5.85. The largest absolute Gasteiger partial charge is 0.494 e. The lowest BCUT2D eigenvalue weighted by Crippen LogP contribution is -2.07. The molecule has 0 unspecified atom stereocenters. The number of rotatable bonds is 4. The minimum atomic E-state index is -0.862. The molecule has 0 bridgehead atoms. The molecule has 0 atom stereocenters. The van der Waals surface area contributed by atoms with Crippen molar-refractivity contribution in [1.29, 1.82) is 0 Å². The van der Waals surface area contributed by atoms with Gasteiger partial charge in [0.15, 0.2) is 5.78 Å². The second-order valence-corrected chi connectivity index (χ2v) is 3.88. The van der Waals surface area contributed by atoms with Crippen LogP contribution in [0, 0.1) is 11.6 Å². The number of halogens is 2. The van der Waals surface area contributed by atoms with Gasteiger partial charge in [0, 0.05) is 5.56 Å². The molecule has 0 heterocycles. The van der Waals surface area contributed by atoms with E-state index in [1.807, 2.05) is 6.92 Å². The predicted molar refractivity (Wildman–Crippen MR) is 67.4 cm³/mol. The van der Waals surface area contributed by atoms with Crippen molar-refractivity contribution in [2.24, 2.45) is 0 Å². The average molecular weight is 262 g/mol. The van der Waals surface area contributed by atoms with Crippen LogP contribution < -0.4 is 4.74 Å². The highest BCUT2D eigenvalue weighted by molar-refractivity contribution is 6.09. The highest BCUT2D eigenvalue weighted by Gasteiger charge is 2.18. The van der Waals surface area contributed by atoms with E-state index in [2.05, 4.69) is 0 Å². The number of benzene rings is 2. The molecule has 0 saturated heterocycles. The van der Waals surface area contributed by atoms with Crippen LogP contribution in [0.4, 0.5) is 8.78 Å². The van der Waals surface area contributed by atoms with Crippen LogP contribution in [-0.2, 0) is 0 Å². The van der Waals surface area contributed by atoms with Gasteiger partial charge in [-0.05, 0) is 43.3 Å². The highest BCUT2D eigenvalue weighted by atomic mass is 19.1. The molecule has 2 rings (SSSR count). The summed E-state index contributed by atoms with van der Waals surface area (Å²) in [4.78, 5) is 12.0. The second kappa shape index (κ2) is 5.61. The Hall–Kier alpha value is -2.23. The van der Waals surface area contributed by atoms with Crippen LogP contribution in [0.15, 0.2) is 42.5 Å². The monoisotopic (exact) mass is 262 g/mol. The molecular formula is C15H12F2O2. The van der Waals surface area contributed by atoms with E-state index in [4.69, 9.17) is 4.74 Å². The summed E-state index contributed by atoms with van der Waals surface area (Å²) in [6, 6.07) is 9.50. The predicted octanol–water partition coefficient (Wildman–Crippen LogP) is 3.59. The topological polar surface area (TPSA) is 26.3 Å². The van der Waals surface area contributed by atoms with Gasteiger partial charge in [0.25, 0.3) is 0 Å². The Bertz CT molecular complexity index is 571. The molecule has 2 nitrogen and oxygen atoms in total. The molecular weight excluding hydrogens is 250 g/mol. The second-order valence-electron chi connectivity index (χ2n) is 3.88. The van der Waals surface area contributed by atoms with Crippen molar-refractivity contribution in [3.63, 3.8) is 0 Å². The van der Waals surface area contributed by atoms with Crippen LogP contribution in [0.5, 0.6) is 5.75 Å². The van der Waals surface area contributed by atoms with Crippen molar-refractivity contribution in [3.8, 4) is 5.75 Å². The summed E-state index contributed by atoms with van der Waals surface area (Å²) in [5.41, 5.74) is -0.320. The van der Waals surface area contributed by atoms with E-state index in [0.29, 0.717) is 12.4 Å². The molecule has 0 spiro atoms. The van der Waals surface area contributed by atoms with E-state index in [9.17, 15) is 13.6 Å². The van der Waals surface area contributed by atoms with Crippen molar-refractivity contribution in [3.05, 3.63) is 65.2 Å². The maximum Gasteiger partial charge on any atom is 0.198 e. The summed E-state index contributed by atoms with van der Waals surface area (Å²) < 4.78 is 32.2. The summed E-state index contributed by atoms with van der Waals surface area (Å²) in [7, 11) is 0. The van der Waals surface area contributed by atoms with Gasteiger partial charge in [0.05, 0.1) is 12.2 Å². The Morgan fingerprint density at radius 1 is 1.05 bits per heavy atom. The zero-order valence-corrected chi connectivity index (χ0v) is 10.3. The molecule has 0 N–H and O–H groups in total. The van der Waals surface area contributed by atoms with E-state index in [0.717, 1.165) is 12.1 Å². The van der Waals surface area contributed by atoms with Gasteiger partial charge in [-0.15, -0.1) is 0 Å². The maximum absolute atomic E-state index is 13.5. The fourth-order valence-corrected chi connectivity index (χ4v) is 1.73. The zero-order chi connectivity index (χ0) is 13.8. The van der Waals surface area contributed by atoms with E-state index in [1.165, 1.54) is 18.2 Å². The lowest BCUT2D eigenvalue weighted by atomic mass is 10.0. The Balaban J connectivity index is 2.34. The normalized spacial score (nSPS) is 10.3. The van der Waals surface area contributed by atoms with Crippen molar-refractivity contribution in [2.45, 2.75) is 6.92 Å². The molecule has 0 aliphatic carbocycles. The smallest absolute Gasteiger partial charge is 0.198 e. The summed E-state index contributed by atoms with van der Waals surface area (Å²) in [6.07, 6.45) is 0. The molecule has 0 aliphatic rings. The first kappa shape index (κ1) is 13.2. The van der Waals surface area contributed by atoms with E-state index >= 15 is 0 Å². The number of carbonyl (C=O) groups is 1. The van der Waals surface area contributed by atoms with Crippen molar-refractivity contribution in [2.75, 3.05) is 6.61 Å². The molecule has 4 heteroatoms. The molecule has 0 aromatic heterocycles. The van der Waals surface area contributed by atoms with Crippen LogP contribution in [0.3, 0.4) is 0 Å². The Labute approximate surface area is 109 Å². The van der Waals surface area contributed by atoms with E-state index in [-0.39, 0.29) is 5.56 Å². The van der Waals surface area contributed by atoms with Gasteiger partial charge in [-0.25, -0.2) is 8.78 Å². The summed E-state index contributed by atoms with van der Waals surface area (Å²) in [5, 5.41) is 0. The lowest BCUT2D eigenvalue weighted by molar-refractivity contribution is 0.103. The maximum atomic E-state index is 13.5. The van der Waals surface area contributed by atoms with Gasteiger partial charge < -0.3 is 4.74 Å². The summed E-state index contributed by atoms with van der Waals surface area (Å²) in [5.74, 6) is -1.80. The SMILES string of the molecule is CCOc1ccc(C(=O)c2c(F)cccc2F)cc1. The number of carbonyl (C=O) groups excluding carboxylic acids is 1. The van der Waals surface area contributed by atoms with Gasteiger partial charge in [-0.3, -0.25) is 4.79 Å². The third kappa shape index (κ3) is 2.78. The van der Waals surface area contributed by atoms with Crippen molar-refractivity contribution >= 4 is 5.78 Å². The third-order valence-corrected chi connectivity index (χ3v) is 2.62. The van der Waals surface area contributed by atoms with Crippen LogP contribution in [0.1, 0.15) is 22.8 Å². The van der Waals surface area contributed by atoms with Gasteiger partial charge in [0.2, 0.25) is 0 Å². The molecule has 2 aromatic carbocycles. The Morgan fingerprint density at radius 2 is 1.63 bits per heavy atom. The van der Waals surface area contributed by atoms with Crippen LogP contribution in [0.25, 0.3) is 0 Å². The first-order valence-corrected chi connectivity index (χ1v) is 5.85. The van der Waals surface area contributed by atoms with Crippen LogP contribution >= 0.6 is 0 Å². The standard InChI is InChI=1S/C15H12F2O2/c1-2-19-11-8-6-10(7-9-11)15(18)14-12(16)4-3-5-13(14)17/h3-9H,2H2,1H3. The molecule has 98 valence electrons. The molecule has 0 amide bonds. The van der Waals surface area contributed by atoms with Gasteiger partial charge in [-0.1, -0.05) is 6.07 Å². The van der Waals surface area contributed by atoms with Gasteiger partial charge in [-0.2, -0.15) is 0 Å². The lowest BCUT2D eigenvalue weighted by Gasteiger charge is -2.06. The molecule has 19 heavy (non-hydrogen) atoms. The first-order chi connectivity index (χ1) is 9.13. The van der Waals surface area contributed by atoms with Gasteiger partial charge >= 0.3 is 0 Å². The van der Waals surface area contributed by atoms with Gasteiger partial charge in [0.1, 0.15) is 17.4 Å².